The molecule has 1 aliphatic heterocycles. The molecule has 1 fully saturated rings. The Kier molecular flexibility index (Phi) is 5.86. The maximum absolute atomic E-state index is 14.0. The van der Waals surface area contributed by atoms with Crippen LogP contribution in [0, 0.1) is 12.7 Å². The third kappa shape index (κ3) is 4.24. The van der Waals surface area contributed by atoms with Gasteiger partial charge in [-0.05, 0) is 42.8 Å². The molecule has 1 aliphatic rings. The van der Waals surface area contributed by atoms with E-state index in [1.54, 1.807) is 6.07 Å². The quantitative estimate of drug-likeness (QED) is 0.436. The molecule has 8 heteroatoms. The maximum atomic E-state index is 14.0. The molecule has 3 heterocycles. The van der Waals surface area contributed by atoms with E-state index in [0.29, 0.717) is 19.6 Å². The van der Waals surface area contributed by atoms with Crippen molar-refractivity contribution in [2.45, 2.75) is 13.5 Å². The highest BCUT2D eigenvalue weighted by Gasteiger charge is 2.25. The van der Waals surface area contributed by atoms with Gasteiger partial charge in [0.25, 0.3) is 5.91 Å². The number of piperazine rings is 1. The lowest BCUT2D eigenvalue weighted by Gasteiger charge is -2.34. The predicted octanol–water partition coefficient (Wildman–Crippen LogP) is 4.50. The second kappa shape index (κ2) is 8.96. The number of rotatable bonds is 5. The van der Waals surface area contributed by atoms with Crippen LogP contribution in [0.2, 0.25) is 0 Å². The van der Waals surface area contributed by atoms with Gasteiger partial charge in [-0.3, -0.25) is 9.69 Å². The number of thiophene rings is 1. The first kappa shape index (κ1) is 21.6. The van der Waals surface area contributed by atoms with Crippen molar-refractivity contribution in [2.75, 3.05) is 33.3 Å². The van der Waals surface area contributed by atoms with Crippen LogP contribution in [0.4, 0.5) is 4.39 Å². The maximum Gasteiger partial charge on any atom is 0.264 e. The number of para-hydroxylation sites is 1. The van der Waals surface area contributed by atoms with Gasteiger partial charge in [0.1, 0.15) is 4.83 Å². The molecule has 0 N–H and O–H groups in total. The Morgan fingerprint density at radius 3 is 2.55 bits per heavy atom. The second-order valence-electron chi connectivity index (χ2n) is 8.20. The van der Waals surface area contributed by atoms with E-state index >= 15 is 0 Å². The van der Waals surface area contributed by atoms with E-state index in [-0.39, 0.29) is 17.5 Å². The van der Waals surface area contributed by atoms with E-state index in [4.69, 9.17) is 4.74 Å². The molecule has 0 radical (unpaired) electrons. The number of methoxy groups -OCH3 is 1. The molecule has 2 aromatic carbocycles. The molecule has 2 aromatic heterocycles. The lowest BCUT2D eigenvalue weighted by Crippen LogP contribution is -2.48. The third-order valence-corrected chi connectivity index (χ3v) is 7.14. The number of aromatic nitrogens is 2. The molecule has 0 bridgehead atoms. The zero-order chi connectivity index (χ0) is 22.9. The number of amides is 1. The average molecular weight is 465 g/mol. The largest absolute Gasteiger partial charge is 0.494 e. The molecule has 6 nitrogen and oxygen atoms in total. The summed E-state index contributed by atoms with van der Waals surface area (Å²) >= 11 is 1.49. The molecule has 0 spiro atoms. The smallest absolute Gasteiger partial charge is 0.264 e. The molecule has 0 aliphatic carbocycles. The summed E-state index contributed by atoms with van der Waals surface area (Å²) in [7, 11) is 1.46. The Morgan fingerprint density at radius 1 is 1.09 bits per heavy atom. The van der Waals surface area contributed by atoms with E-state index in [2.05, 4.69) is 10.00 Å². The van der Waals surface area contributed by atoms with Crippen LogP contribution in [0.15, 0.2) is 54.6 Å². The number of hydrogen-bond donors (Lipinski definition) is 0. The first-order chi connectivity index (χ1) is 16.0. The van der Waals surface area contributed by atoms with Crippen molar-refractivity contribution in [1.82, 2.24) is 19.6 Å². The fourth-order valence-electron chi connectivity index (χ4n) is 4.23. The molecule has 4 aromatic rings. The fraction of sp³-hybridized carbons (Fsp3) is 0.280. The Balaban J connectivity index is 1.27. The van der Waals surface area contributed by atoms with Crippen molar-refractivity contribution >= 4 is 27.5 Å². The fourth-order valence-corrected chi connectivity index (χ4v) is 5.38. The molecular formula is C25H25FN4O2S. The number of fused-ring (bicyclic) bond motifs is 1. The summed E-state index contributed by atoms with van der Waals surface area (Å²) in [5, 5.41) is 5.68. The van der Waals surface area contributed by atoms with Gasteiger partial charge in [0, 0.05) is 38.1 Å². The third-order valence-electron chi connectivity index (χ3n) is 6.04. The summed E-state index contributed by atoms with van der Waals surface area (Å²) < 4.78 is 20.9. The van der Waals surface area contributed by atoms with Gasteiger partial charge < -0.3 is 9.64 Å². The van der Waals surface area contributed by atoms with Gasteiger partial charge in [-0.1, -0.05) is 24.3 Å². The predicted molar refractivity (Wildman–Crippen MR) is 128 cm³/mol. The summed E-state index contributed by atoms with van der Waals surface area (Å²) in [6.45, 7) is 5.43. The summed E-state index contributed by atoms with van der Waals surface area (Å²) in [4.78, 5) is 19.1. The summed E-state index contributed by atoms with van der Waals surface area (Å²) in [5.41, 5.74) is 2.80. The minimum Gasteiger partial charge on any atom is -0.494 e. The zero-order valence-electron chi connectivity index (χ0n) is 18.6. The van der Waals surface area contributed by atoms with Crippen LogP contribution >= 0.6 is 11.3 Å². The van der Waals surface area contributed by atoms with Crippen molar-refractivity contribution in [3.63, 3.8) is 0 Å². The highest BCUT2D eigenvalue weighted by molar-refractivity contribution is 7.20. The number of carbonyl (C=O) groups is 1. The second-order valence-corrected chi connectivity index (χ2v) is 9.23. The molecule has 1 saturated heterocycles. The normalized spacial score (nSPS) is 14.7. The zero-order valence-corrected chi connectivity index (χ0v) is 19.4. The van der Waals surface area contributed by atoms with Crippen LogP contribution in [-0.2, 0) is 6.54 Å². The lowest BCUT2D eigenvalue weighted by atomic mass is 10.1. The number of carbonyl (C=O) groups excluding carboxylic acids is 1. The number of ether oxygens (including phenoxy) is 1. The number of halogens is 1. The molecule has 0 saturated carbocycles. The molecular weight excluding hydrogens is 439 g/mol. The van der Waals surface area contributed by atoms with E-state index in [9.17, 15) is 9.18 Å². The van der Waals surface area contributed by atoms with E-state index in [1.165, 1.54) is 24.5 Å². The molecule has 33 heavy (non-hydrogen) atoms. The Morgan fingerprint density at radius 2 is 1.85 bits per heavy atom. The molecule has 0 unspecified atom stereocenters. The standard InChI is InChI=1S/C25H25FN4O2S/c1-17-20-15-23(33-25(20)30(27-17)19-6-4-3-5-7-19)24(31)29-12-10-28(11-13-29)16-18-8-9-22(32-2)21(26)14-18/h3-9,14-15H,10-13,16H2,1-2H3. The summed E-state index contributed by atoms with van der Waals surface area (Å²) in [6, 6.07) is 17.0. The highest BCUT2D eigenvalue weighted by atomic mass is 32.1. The van der Waals surface area contributed by atoms with Crippen molar-refractivity contribution < 1.29 is 13.9 Å². The van der Waals surface area contributed by atoms with Gasteiger partial charge in [-0.15, -0.1) is 11.3 Å². The monoisotopic (exact) mass is 464 g/mol. The number of nitrogens with zero attached hydrogens (tertiary/aromatic N) is 4. The van der Waals surface area contributed by atoms with Crippen molar-refractivity contribution in [3.8, 4) is 11.4 Å². The number of aryl methyl sites for hydroxylation is 1. The van der Waals surface area contributed by atoms with E-state index < -0.39 is 0 Å². The molecule has 1 amide bonds. The Labute approximate surface area is 195 Å². The van der Waals surface area contributed by atoms with Crippen molar-refractivity contribution in [1.29, 1.82) is 0 Å². The van der Waals surface area contributed by atoms with Crippen LogP contribution in [-0.4, -0.2) is 58.8 Å². The number of hydrogen-bond acceptors (Lipinski definition) is 5. The Bertz CT molecular complexity index is 1290. The van der Waals surface area contributed by atoms with Crippen molar-refractivity contribution in [2.24, 2.45) is 0 Å². The molecule has 5 rings (SSSR count). The Hall–Kier alpha value is -3.23. The van der Waals surface area contributed by atoms with Crippen LogP contribution in [0.5, 0.6) is 5.75 Å². The lowest BCUT2D eigenvalue weighted by molar-refractivity contribution is 0.0633. The minimum absolute atomic E-state index is 0.0605. The van der Waals surface area contributed by atoms with Gasteiger partial charge in [-0.25, -0.2) is 9.07 Å². The van der Waals surface area contributed by atoms with Crippen LogP contribution in [0.1, 0.15) is 20.9 Å². The van der Waals surface area contributed by atoms with Gasteiger partial charge >= 0.3 is 0 Å². The van der Waals surface area contributed by atoms with Gasteiger partial charge in [0.2, 0.25) is 0 Å². The SMILES string of the molecule is COc1ccc(CN2CCN(C(=O)c3cc4c(C)nn(-c5ccccc5)c4s3)CC2)cc1F. The summed E-state index contributed by atoms with van der Waals surface area (Å²) in [6.07, 6.45) is 0. The van der Waals surface area contributed by atoms with E-state index in [0.717, 1.165) is 45.1 Å². The van der Waals surface area contributed by atoms with Crippen molar-refractivity contribution in [3.05, 3.63) is 76.5 Å². The minimum atomic E-state index is -0.349. The highest BCUT2D eigenvalue weighted by Crippen LogP contribution is 2.31. The van der Waals surface area contributed by atoms with Gasteiger partial charge in [-0.2, -0.15) is 5.10 Å². The topological polar surface area (TPSA) is 50.6 Å². The number of benzene rings is 2. The average Bonchev–Trinajstić information content (AvgIpc) is 3.40. The first-order valence-corrected chi connectivity index (χ1v) is 11.7. The molecule has 170 valence electrons. The van der Waals surface area contributed by atoms with Crippen LogP contribution in [0.3, 0.4) is 0 Å². The summed E-state index contributed by atoms with van der Waals surface area (Å²) in [5.74, 6) is -0.0357. The first-order valence-electron chi connectivity index (χ1n) is 10.9. The van der Waals surface area contributed by atoms with Crippen LogP contribution < -0.4 is 4.74 Å². The molecule has 0 atom stereocenters. The van der Waals surface area contributed by atoms with Crippen LogP contribution in [0.25, 0.3) is 15.9 Å². The van der Waals surface area contributed by atoms with Gasteiger partial charge in [0.05, 0.1) is 23.4 Å². The van der Waals surface area contributed by atoms with E-state index in [1.807, 2.05) is 59.0 Å². The van der Waals surface area contributed by atoms with Gasteiger partial charge in [0.15, 0.2) is 11.6 Å².